The van der Waals surface area contributed by atoms with Gasteiger partial charge in [-0.05, 0) is 46.2 Å². The van der Waals surface area contributed by atoms with Gasteiger partial charge in [-0.15, -0.1) is 0 Å². The largest absolute Gasteiger partial charge is 0.390 e. The maximum atomic E-state index is 9.47. The monoisotopic (exact) mass is 233 g/mol. The minimum absolute atomic E-state index is 0.559. The number of ether oxygens (including phenoxy) is 2. The fourth-order valence-electron chi connectivity index (χ4n) is 1.22. The molecule has 0 heterocycles. The fourth-order valence-corrected chi connectivity index (χ4v) is 1.22. The molecule has 0 saturated heterocycles. The molecule has 0 aliphatic carbocycles. The van der Waals surface area contributed by atoms with Crippen molar-refractivity contribution in [2.45, 2.75) is 38.7 Å². The molecular formula is C12H27NO3. The number of unbranched alkanes of at least 4 members (excludes halogenated alkanes) is 1. The lowest BCUT2D eigenvalue weighted by Crippen LogP contribution is -2.27. The average Bonchev–Trinajstić information content (AvgIpc) is 2.19. The van der Waals surface area contributed by atoms with E-state index in [0.29, 0.717) is 13.2 Å². The van der Waals surface area contributed by atoms with Crippen molar-refractivity contribution < 1.29 is 14.6 Å². The molecule has 0 spiro atoms. The summed E-state index contributed by atoms with van der Waals surface area (Å²) in [6.45, 7) is 7.68. The quantitative estimate of drug-likeness (QED) is 0.526. The Hall–Kier alpha value is -0.160. The van der Waals surface area contributed by atoms with Crippen LogP contribution < -0.4 is 5.32 Å². The molecule has 0 unspecified atom stereocenters. The van der Waals surface area contributed by atoms with E-state index in [-0.39, 0.29) is 0 Å². The number of methoxy groups -OCH3 is 1. The highest BCUT2D eigenvalue weighted by Gasteiger charge is 2.10. The second kappa shape index (κ2) is 10.0. The van der Waals surface area contributed by atoms with Crippen LogP contribution in [0.4, 0.5) is 0 Å². The zero-order chi connectivity index (χ0) is 12.3. The van der Waals surface area contributed by atoms with Crippen molar-refractivity contribution in [3.8, 4) is 0 Å². The van der Waals surface area contributed by atoms with Crippen LogP contribution in [0.2, 0.25) is 0 Å². The Kier molecular flexibility index (Phi) is 9.92. The zero-order valence-electron chi connectivity index (χ0n) is 10.9. The highest BCUT2D eigenvalue weighted by molar-refractivity contribution is 4.66. The molecule has 0 rings (SSSR count). The van der Waals surface area contributed by atoms with Gasteiger partial charge in [0.25, 0.3) is 0 Å². The van der Waals surface area contributed by atoms with Gasteiger partial charge in [0, 0.05) is 13.7 Å². The first-order valence-electron chi connectivity index (χ1n) is 6.06. The lowest BCUT2D eigenvalue weighted by molar-refractivity contribution is 0.0675. The third-order valence-electron chi connectivity index (χ3n) is 2.24. The molecule has 0 aliphatic heterocycles. The third-order valence-corrected chi connectivity index (χ3v) is 2.24. The Balaban J connectivity index is 2.99. The topological polar surface area (TPSA) is 50.7 Å². The molecule has 0 bridgehead atoms. The average molecular weight is 233 g/mol. The molecule has 0 atom stereocenters. The van der Waals surface area contributed by atoms with Gasteiger partial charge in [-0.25, -0.2) is 0 Å². The summed E-state index contributed by atoms with van der Waals surface area (Å²) in [4.78, 5) is 0. The van der Waals surface area contributed by atoms with Gasteiger partial charge in [0.05, 0.1) is 18.8 Å². The number of aliphatic hydroxyl groups is 1. The normalized spacial score (nSPS) is 12.0. The minimum atomic E-state index is -0.559. The van der Waals surface area contributed by atoms with E-state index >= 15 is 0 Å². The van der Waals surface area contributed by atoms with Gasteiger partial charge < -0.3 is 19.9 Å². The predicted octanol–water partition coefficient (Wildman–Crippen LogP) is 1.18. The Morgan fingerprint density at radius 3 is 2.44 bits per heavy atom. The summed E-state index contributed by atoms with van der Waals surface area (Å²) in [5, 5.41) is 12.8. The first-order valence-corrected chi connectivity index (χ1v) is 6.06. The molecule has 16 heavy (non-hydrogen) atoms. The van der Waals surface area contributed by atoms with Gasteiger partial charge in [0.2, 0.25) is 0 Å². The Morgan fingerprint density at radius 2 is 1.81 bits per heavy atom. The molecule has 0 aromatic carbocycles. The van der Waals surface area contributed by atoms with Gasteiger partial charge in [-0.1, -0.05) is 0 Å². The molecule has 0 aliphatic rings. The van der Waals surface area contributed by atoms with Crippen LogP contribution in [0, 0.1) is 0 Å². The molecule has 4 heteroatoms. The van der Waals surface area contributed by atoms with Crippen LogP contribution in [0.1, 0.15) is 33.1 Å². The van der Waals surface area contributed by atoms with Crippen LogP contribution in [0.3, 0.4) is 0 Å². The Morgan fingerprint density at radius 1 is 1.06 bits per heavy atom. The number of hydrogen-bond donors (Lipinski definition) is 2. The summed E-state index contributed by atoms with van der Waals surface area (Å²) in [6, 6.07) is 0. The standard InChI is InChI=1S/C12H27NO3/c1-12(2,14)6-8-13-7-4-5-9-16-11-10-15-3/h13-14H,4-11H2,1-3H3. The number of nitrogens with one attached hydrogen (secondary N) is 1. The zero-order valence-corrected chi connectivity index (χ0v) is 10.9. The predicted molar refractivity (Wildman–Crippen MR) is 65.7 cm³/mol. The summed E-state index contributed by atoms with van der Waals surface area (Å²) >= 11 is 0. The summed E-state index contributed by atoms with van der Waals surface area (Å²) in [7, 11) is 1.68. The number of hydrogen-bond acceptors (Lipinski definition) is 4. The highest BCUT2D eigenvalue weighted by Crippen LogP contribution is 2.04. The van der Waals surface area contributed by atoms with Crippen LogP contribution >= 0.6 is 0 Å². The number of rotatable bonds is 11. The van der Waals surface area contributed by atoms with Crippen molar-refractivity contribution in [2.75, 3.05) is 40.0 Å². The maximum Gasteiger partial charge on any atom is 0.0700 e. The highest BCUT2D eigenvalue weighted by atomic mass is 16.5. The molecule has 0 saturated carbocycles. The first-order chi connectivity index (χ1) is 7.56. The van der Waals surface area contributed by atoms with E-state index in [2.05, 4.69) is 5.32 Å². The molecule has 0 aromatic rings. The van der Waals surface area contributed by atoms with E-state index in [9.17, 15) is 5.11 Å². The van der Waals surface area contributed by atoms with Crippen molar-refractivity contribution in [3.63, 3.8) is 0 Å². The lowest BCUT2D eigenvalue weighted by Gasteiger charge is -2.16. The molecule has 0 fully saturated rings. The SMILES string of the molecule is COCCOCCCCNCCC(C)(C)O. The van der Waals surface area contributed by atoms with E-state index in [1.54, 1.807) is 7.11 Å². The molecular weight excluding hydrogens is 206 g/mol. The molecule has 0 radical (unpaired) electrons. The molecule has 4 nitrogen and oxygen atoms in total. The van der Waals surface area contributed by atoms with E-state index in [0.717, 1.165) is 39.0 Å². The second-order valence-electron chi connectivity index (χ2n) is 4.62. The van der Waals surface area contributed by atoms with Gasteiger partial charge in [-0.2, -0.15) is 0 Å². The van der Waals surface area contributed by atoms with Crippen LogP contribution in [0.5, 0.6) is 0 Å². The van der Waals surface area contributed by atoms with Crippen molar-refractivity contribution in [1.82, 2.24) is 5.32 Å². The minimum Gasteiger partial charge on any atom is -0.390 e. The van der Waals surface area contributed by atoms with E-state index in [1.165, 1.54) is 0 Å². The van der Waals surface area contributed by atoms with Gasteiger partial charge in [0.1, 0.15) is 0 Å². The lowest BCUT2D eigenvalue weighted by atomic mass is 10.1. The van der Waals surface area contributed by atoms with E-state index in [4.69, 9.17) is 9.47 Å². The van der Waals surface area contributed by atoms with Crippen LogP contribution in [-0.2, 0) is 9.47 Å². The maximum absolute atomic E-state index is 9.47. The van der Waals surface area contributed by atoms with Crippen molar-refractivity contribution >= 4 is 0 Å². The van der Waals surface area contributed by atoms with Crippen molar-refractivity contribution in [1.29, 1.82) is 0 Å². The summed E-state index contributed by atoms with van der Waals surface area (Å²) in [5.74, 6) is 0. The molecule has 0 amide bonds. The van der Waals surface area contributed by atoms with Gasteiger partial charge >= 0.3 is 0 Å². The van der Waals surface area contributed by atoms with Crippen LogP contribution in [0.15, 0.2) is 0 Å². The Bertz CT molecular complexity index is 146. The van der Waals surface area contributed by atoms with Crippen molar-refractivity contribution in [3.05, 3.63) is 0 Å². The third kappa shape index (κ3) is 13.8. The van der Waals surface area contributed by atoms with E-state index < -0.39 is 5.60 Å². The summed E-state index contributed by atoms with van der Waals surface area (Å²) in [5.41, 5.74) is -0.559. The molecule has 2 N–H and O–H groups in total. The summed E-state index contributed by atoms with van der Waals surface area (Å²) in [6.07, 6.45) is 2.97. The smallest absolute Gasteiger partial charge is 0.0700 e. The van der Waals surface area contributed by atoms with E-state index in [1.807, 2.05) is 13.8 Å². The van der Waals surface area contributed by atoms with Crippen molar-refractivity contribution in [2.24, 2.45) is 0 Å². The molecule has 0 aromatic heterocycles. The summed E-state index contributed by atoms with van der Waals surface area (Å²) < 4.78 is 10.2. The van der Waals surface area contributed by atoms with Gasteiger partial charge in [0.15, 0.2) is 0 Å². The Labute approximate surface area is 99.3 Å². The second-order valence-corrected chi connectivity index (χ2v) is 4.62. The van der Waals surface area contributed by atoms with Crippen LogP contribution in [0.25, 0.3) is 0 Å². The first kappa shape index (κ1) is 15.8. The van der Waals surface area contributed by atoms with Gasteiger partial charge in [-0.3, -0.25) is 0 Å². The van der Waals surface area contributed by atoms with Crippen LogP contribution in [-0.4, -0.2) is 50.7 Å². The molecule has 98 valence electrons. The fraction of sp³-hybridized carbons (Fsp3) is 1.00.